The summed E-state index contributed by atoms with van der Waals surface area (Å²) in [5.74, 6) is -0.193. The summed E-state index contributed by atoms with van der Waals surface area (Å²) in [6.07, 6.45) is 2.44. The van der Waals surface area contributed by atoms with Crippen LogP contribution >= 0.6 is 0 Å². The molecule has 1 atom stereocenters. The molecule has 100 valence electrons. The van der Waals surface area contributed by atoms with Crippen LogP contribution in [0.15, 0.2) is 24.3 Å². The molecule has 1 aliphatic carbocycles. The highest BCUT2D eigenvalue weighted by Gasteiger charge is 2.55. The maximum absolute atomic E-state index is 13.0. The summed E-state index contributed by atoms with van der Waals surface area (Å²) in [7, 11) is 0. The van der Waals surface area contributed by atoms with Gasteiger partial charge in [0, 0.05) is 18.8 Å². The van der Waals surface area contributed by atoms with E-state index in [9.17, 15) is 4.39 Å². The Kier molecular flexibility index (Phi) is 3.37. The Labute approximate surface area is 109 Å². The van der Waals surface area contributed by atoms with Crippen molar-refractivity contribution in [3.05, 3.63) is 30.1 Å². The Morgan fingerprint density at radius 3 is 2.28 bits per heavy atom. The lowest BCUT2D eigenvalue weighted by molar-refractivity contribution is 0.280. The zero-order valence-corrected chi connectivity index (χ0v) is 11.5. The molecule has 2 rings (SSSR count). The molecule has 2 N–H and O–H groups in total. The van der Waals surface area contributed by atoms with Crippen LogP contribution < -0.4 is 10.6 Å². The number of halogens is 1. The van der Waals surface area contributed by atoms with Gasteiger partial charge in [0.05, 0.1) is 5.54 Å². The van der Waals surface area contributed by atoms with E-state index < -0.39 is 0 Å². The van der Waals surface area contributed by atoms with Gasteiger partial charge in [-0.3, -0.25) is 0 Å². The van der Waals surface area contributed by atoms with Crippen molar-refractivity contribution in [3.63, 3.8) is 0 Å². The summed E-state index contributed by atoms with van der Waals surface area (Å²) in [6, 6.07) is 6.73. The third-order valence-electron chi connectivity index (χ3n) is 4.75. The Bertz CT molecular complexity index is 411. The highest BCUT2D eigenvalue weighted by atomic mass is 19.1. The molecule has 2 nitrogen and oxygen atoms in total. The van der Waals surface area contributed by atoms with Gasteiger partial charge in [0.15, 0.2) is 0 Å². The molecule has 1 aliphatic rings. The highest BCUT2D eigenvalue weighted by Crippen LogP contribution is 2.56. The maximum Gasteiger partial charge on any atom is 0.123 e. The first-order chi connectivity index (χ1) is 8.47. The van der Waals surface area contributed by atoms with Crippen molar-refractivity contribution < 1.29 is 4.39 Å². The van der Waals surface area contributed by atoms with Crippen LogP contribution in [0.4, 0.5) is 10.1 Å². The second-order valence-electron chi connectivity index (χ2n) is 5.76. The minimum atomic E-state index is -0.193. The number of likely N-dealkylation sites (N-methyl/N-ethyl adjacent to an activating group) is 1. The molecule has 0 radical (unpaired) electrons. The molecule has 0 saturated heterocycles. The molecule has 1 fully saturated rings. The fourth-order valence-electron chi connectivity index (χ4n) is 2.85. The Morgan fingerprint density at radius 2 is 1.89 bits per heavy atom. The van der Waals surface area contributed by atoms with Gasteiger partial charge in [-0.1, -0.05) is 6.92 Å². The smallest absolute Gasteiger partial charge is 0.123 e. The monoisotopic (exact) mass is 250 g/mol. The summed E-state index contributed by atoms with van der Waals surface area (Å²) < 4.78 is 13.0. The van der Waals surface area contributed by atoms with Crippen LogP contribution in [0.5, 0.6) is 0 Å². The number of anilines is 1. The fraction of sp³-hybridized carbons (Fsp3) is 0.600. The second-order valence-corrected chi connectivity index (χ2v) is 5.76. The van der Waals surface area contributed by atoms with Crippen molar-refractivity contribution in [1.82, 2.24) is 0 Å². The van der Waals surface area contributed by atoms with Crippen molar-refractivity contribution in [2.45, 2.75) is 39.2 Å². The Morgan fingerprint density at radius 1 is 1.33 bits per heavy atom. The van der Waals surface area contributed by atoms with Gasteiger partial charge in [-0.2, -0.15) is 0 Å². The van der Waals surface area contributed by atoms with Crippen molar-refractivity contribution in [2.75, 3.05) is 18.0 Å². The van der Waals surface area contributed by atoms with Gasteiger partial charge in [-0.25, -0.2) is 4.39 Å². The van der Waals surface area contributed by atoms with Crippen molar-refractivity contribution in [3.8, 4) is 0 Å². The lowest BCUT2D eigenvalue weighted by Gasteiger charge is -2.46. The lowest BCUT2D eigenvalue weighted by atomic mass is 9.81. The van der Waals surface area contributed by atoms with Crippen LogP contribution in [-0.4, -0.2) is 18.6 Å². The molecule has 1 unspecified atom stereocenters. The molecule has 0 amide bonds. The summed E-state index contributed by atoms with van der Waals surface area (Å²) in [4.78, 5) is 2.32. The molecular formula is C15H23FN2. The first-order valence-electron chi connectivity index (χ1n) is 6.70. The second kappa shape index (κ2) is 4.54. The zero-order chi connectivity index (χ0) is 13.4. The molecular weight excluding hydrogens is 227 g/mol. The lowest BCUT2D eigenvalue weighted by Crippen LogP contribution is -2.57. The summed E-state index contributed by atoms with van der Waals surface area (Å²) >= 11 is 0. The SMILES string of the molecule is CCN(c1ccc(F)cc1)C(C)(CN)C1(C)CC1. The van der Waals surface area contributed by atoms with E-state index in [1.807, 2.05) is 12.1 Å². The number of hydrogen-bond donors (Lipinski definition) is 1. The third-order valence-corrected chi connectivity index (χ3v) is 4.75. The van der Waals surface area contributed by atoms with E-state index in [4.69, 9.17) is 5.73 Å². The van der Waals surface area contributed by atoms with Crippen LogP contribution in [-0.2, 0) is 0 Å². The summed E-state index contributed by atoms with van der Waals surface area (Å²) in [5, 5.41) is 0. The number of rotatable bonds is 5. The average Bonchev–Trinajstić information content (AvgIpc) is 3.12. The average molecular weight is 250 g/mol. The van der Waals surface area contributed by atoms with E-state index in [2.05, 4.69) is 25.7 Å². The summed E-state index contributed by atoms with van der Waals surface area (Å²) in [6.45, 7) is 8.16. The van der Waals surface area contributed by atoms with Crippen molar-refractivity contribution in [1.29, 1.82) is 0 Å². The third kappa shape index (κ3) is 2.01. The molecule has 1 aromatic rings. The first-order valence-corrected chi connectivity index (χ1v) is 6.70. The van der Waals surface area contributed by atoms with Crippen LogP contribution in [0, 0.1) is 11.2 Å². The first kappa shape index (κ1) is 13.3. The quantitative estimate of drug-likeness (QED) is 0.869. The Hall–Kier alpha value is -1.09. The zero-order valence-electron chi connectivity index (χ0n) is 11.5. The topological polar surface area (TPSA) is 29.3 Å². The fourth-order valence-corrected chi connectivity index (χ4v) is 2.85. The normalized spacial score (nSPS) is 20.3. The van der Waals surface area contributed by atoms with E-state index in [1.54, 1.807) is 0 Å². The highest BCUT2D eigenvalue weighted by molar-refractivity contribution is 5.50. The molecule has 0 aliphatic heterocycles. The molecule has 0 bridgehead atoms. The number of nitrogens with two attached hydrogens (primary N) is 1. The standard InChI is InChI=1S/C15H23FN2/c1-4-18(13-7-5-12(16)6-8-13)15(3,11-17)14(2)9-10-14/h5-8H,4,9-11,17H2,1-3H3. The summed E-state index contributed by atoms with van der Waals surface area (Å²) in [5.41, 5.74) is 7.34. The maximum atomic E-state index is 13.0. The van der Waals surface area contributed by atoms with Crippen LogP contribution in [0.1, 0.15) is 33.6 Å². The van der Waals surface area contributed by atoms with E-state index in [-0.39, 0.29) is 16.8 Å². The molecule has 18 heavy (non-hydrogen) atoms. The van der Waals surface area contributed by atoms with E-state index in [0.717, 1.165) is 12.2 Å². The van der Waals surface area contributed by atoms with Gasteiger partial charge < -0.3 is 10.6 Å². The predicted molar refractivity (Wildman–Crippen MR) is 74.2 cm³/mol. The largest absolute Gasteiger partial charge is 0.365 e. The van der Waals surface area contributed by atoms with Crippen LogP contribution in [0.3, 0.4) is 0 Å². The van der Waals surface area contributed by atoms with Gasteiger partial charge in [0.1, 0.15) is 5.82 Å². The molecule has 0 spiro atoms. The van der Waals surface area contributed by atoms with E-state index in [1.165, 1.54) is 25.0 Å². The van der Waals surface area contributed by atoms with E-state index in [0.29, 0.717) is 6.54 Å². The van der Waals surface area contributed by atoms with Gasteiger partial charge in [0.25, 0.3) is 0 Å². The van der Waals surface area contributed by atoms with Gasteiger partial charge in [-0.05, 0) is 56.4 Å². The number of hydrogen-bond acceptors (Lipinski definition) is 2. The van der Waals surface area contributed by atoms with Gasteiger partial charge in [0.2, 0.25) is 0 Å². The predicted octanol–water partition coefficient (Wildman–Crippen LogP) is 3.17. The minimum Gasteiger partial charge on any atom is -0.365 e. The minimum absolute atomic E-state index is 0.0560. The molecule has 0 heterocycles. The molecule has 0 aromatic heterocycles. The number of benzene rings is 1. The van der Waals surface area contributed by atoms with Crippen molar-refractivity contribution >= 4 is 5.69 Å². The molecule has 1 aromatic carbocycles. The van der Waals surface area contributed by atoms with Crippen LogP contribution in [0.25, 0.3) is 0 Å². The molecule has 1 saturated carbocycles. The van der Waals surface area contributed by atoms with Gasteiger partial charge >= 0.3 is 0 Å². The van der Waals surface area contributed by atoms with Crippen molar-refractivity contribution in [2.24, 2.45) is 11.1 Å². The van der Waals surface area contributed by atoms with E-state index >= 15 is 0 Å². The number of nitrogens with zero attached hydrogens (tertiary/aromatic N) is 1. The molecule has 3 heteroatoms. The van der Waals surface area contributed by atoms with Gasteiger partial charge in [-0.15, -0.1) is 0 Å². The Balaban J connectivity index is 2.35. The van der Waals surface area contributed by atoms with Crippen LogP contribution in [0.2, 0.25) is 0 Å².